The molecule has 106 valence electrons. The van der Waals surface area contributed by atoms with Crippen LogP contribution in [-0.2, 0) is 13.6 Å². The van der Waals surface area contributed by atoms with Gasteiger partial charge in [0, 0.05) is 24.8 Å². The Morgan fingerprint density at radius 2 is 2.05 bits per heavy atom. The fraction of sp³-hybridized carbons (Fsp3) is 0.286. The zero-order chi connectivity index (χ0) is 14.9. The first kappa shape index (κ1) is 14.9. The summed E-state index contributed by atoms with van der Waals surface area (Å²) in [6.07, 6.45) is 0. The van der Waals surface area contributed by atoms with Crippen molar-refractivity contribution in [2.45, 2.75) is 20.4 Å². The lowest BCUT2D eigenvalue weighted by Crippen LogP contribution is -2.23. The van der Waals surface area contributed by atoms with E-state index in [1.807, 2.05) is 20.9 Å². The van der Waals surface area contributed by atoms with Crippen molar-refractivity contribution in [1.82, 2.24) is 15.1 Å². The largest absolute Gasteiger partial charge is 0.348 e. The molecule has 0 aliphatic carbocycles. The molecular formula is C14H15Cl2N3O. The molecule has 4 nitrogen and oxygen atoms in total. The predicted molar refractivity (Wildman–Crippen MR) is 80.3 cm³/mol. The van der Waals surface area contributed by atoms with Crippen LogP contribution in [0.1, 0.15) is 27.3 Å². The molecule has 0 atom stereocenters. The molecule has 0 bridgehead atoms. The number of hydrogen-bond donors (Lipinski definition) is 1. The van der Waals surface area contributed by atoms with Gasteiger partial charge in [0.05, 0.1) is 21.3 Å². The van der Waals surface area contributed by atoms with Gasteiger partial charge in [-0.15, -0.1) is 0 Å². The second-order valence-electron chi connectivity index (χ2n) is 4.56. The van der Waals surface area contributed by atoms with E-state index in [0.29, 0.717) is 17.1 Å². The zero-order valence-electron chi connectivity index (χ0n) is 11.5. The van der Waals surface area contributed by atoms with Crippen LogP contribution >= 0.6 is 23.2 Å². The monoisotopic (exact) mass is 311 g/mol. The summed E-state index contributed by atoms with van der Waals surface area (Å²) in [7, 11) is 1.88. The summed E-state index contributed by atoms with van der Waals surface area (Å²) in [5.74, 6) is -0.250. The van der Waals surface area contributed by atoms with Crippen LogP contribution in [0.25, 0.3) is 0 Å². The summed E-state index contributed by atoms with van der Waals surface area (Å²) >= 11 is 11.9. The van der Waals surface area contributed by atoms with Gasteiger partial charge in [0.25, 0.3) is 5.91 Å². The zero-order valence-corrected chi connectivity index (χ0v) is 13.0. The highest BCUT2D eigenvalue weighted by Gasteiger charge is 2.14. The summed E-state index contributed by atoms with van der Waals surface area (Å²) in [6.45, 7) is 4.29. The average Bonchev–Trinajstić information content (AvgIpc) is 2.64. The Morgan fingerprint density at radius 3 is 2.65 bits per heavy atom. The minimum absolute atomic E-state index is 0.250. The fourth-order valence-corrected chi connectivity index (χ4v) is 2.40. The molecule has 1 aromatic heterocycles. The van der Waals surface area contributed by atoms with Gasteiger partial charge in [0.15, 0.2) is 0 Å². The number of rotatable bonds is 3. The lowest BCUT2D eigenvalue weighted by Gasteiger charge is -2.08. The highest BCUT2D eigenvalue weighted by molar-refractivity contribution is 6.43. The molecule has 1 N–H and O–H groups in total. The van der Waals surface area contributed by atoms with Crippen LogP contribution in [0.2, 0.25) is 10.0 Å². The van der Waals surface area contributed by atoms with E-state index < -0.39 is 0 Å². The Bertz CT molecular complexity index is 665. The van der Waals surface area contributed by atoms with E-state index in [1.54, 1.807) is 22.9 Å². The predicted octanol–water partition coefficient (Wildman–Crippen LogP) is 3.27. The molecule has 2 rings (SSSR count). The number of nitrogens with one attached hydrogen (secondary N) is 1. The Labute approximate surface area is 127 Å². The molecule has 1 amide bonds. The number of nitrogens with zero attached hydrogens (tertiary/aromatic N) is 2. The van der Waals surface area contributed by atoms with Gasteiger partial charge >= 0.3 is 0 Å². The number of aromatic nitrogens is 2. The van der Waals surface area contributed by atoms with Gasteiger partial charge in [-0.25, -0.2) is 0 Å². The summed E-state index contributed by atoms with van der Waals surface area (Å²) in [5.41, 5.74) is 3.32. The normalized spacial score (nSPS) is 10.7. The molecule has 1 heterocycles. The van der Waals surface area contributed by atoms with Gasteiger partial charge in [-0.05, 0) is 26.0 Å². The first-order valence-corrected chi connectivity index (χ1v) is 6.88. The molecule has 0 unspecified atom stereocenters. The highest BCUT2D eigenvalue weighted by atomic mass is 35.5. The maximum Gasteiger partial charge on any atom is 0.253 e. The molecule has 20 heavy (non-hydrogen) atoms. The third-order valence-corrected chi connectivity index (χ3v) is 4.10. The average molecular weight is 312 g/mol. The third-order valence-electron chi connectivity index (χ3n) is 3.28. The number of carbonyl (C=O) groups is 1. The van der Waals surface area contributed by atoms with E-state index in [4.69, 9.17) is 23.2 Å². The molecule has 1 aromatic carbocycles. The van der Waals surface area contributed by atoms with Crippen molar-refractivity contribution < 1.29 is 4.79 Å². The lowest BCUT2D eigenvalue weighted by atomic mass is 10.1. The first-order valence-electron chi connectivity index (χ1n) is 6.13. The minimum Gasteiger partial charge on any atom is -0.348 e. The number of halogens is 2. The molecule has 0 saturated heterocycles. The molecule has 0 fully saturated rings. The Hall–Kier alpha value is -1.52. The van der Waals surface area contributed by atoms with E-state index in [9.17, 15) is 4.79 Å². The fourth-order valence-electron chi connectivity index (χ4n) is 2.02. The molecular weight excluding hydrogens is 297 g/mol. The molecule has 0 saturated carbocycles. The number of hydrogen-bond acceptors (Lipinski definition) is 2. The van der Waals surface area contributed by atoms with E-state index in [0.717, 1.165) is 17.0 Å². The van der Waals surface area contributed by atoms with E-state index >= 15 is 0 Å². The van der Waals surface area contributed by atoms with Crippen molar-refractivity contribution in [3.63, 3.8) is 0 Å². The smallest absolute Gasteiger partial charge is 0.253 e. The van der Waals surface area contributed by atoms with E-state index in [2.05, 4.69) is 10.4 Å². The van der Waals surface area contributed by atoms with Crippen molar-refractivity contribution in [2.75, 3.05) is 0 Å². The van der Waals surface area contributed by atoms with E-state index in [-0.39, 0.29) is 10.9 Å². The number of aryl methyl sites for hydroxylation is 2. The number of carbonyl (C=O) groups excluding carboxylic acids is 1. The van der Waals surface area contributed by atoms with Crippen molar-refractivity contribution >= 4 is 29.1 Å². The molecule has 2 aromatic rings. The third kappa shape index (κ3) is 2.81. The van der Waals surface area contributed by atoms with Crippen molar-refractivity contribution in [3.05, 3.63) is 50.8 Å². The standard InChI is InChI=1S/C14H15Cl2N3O/c1-8-11(9(2)19(3)18-8)7-17-14(20)10-5-4-6-12(15)13(10)16/h4-6H,7H2,1-3H3,(H,17,20). The van der Waals surface area contributed by atoms with Crippen LogP contribution in [0.4, 0.5) is 0 Å². The Balaban J connectivity index is 2.15. The maximum absolute atomic E-state index is 12.1. The SMILES string of the molecule is Cc1nn(C)c(C)c1CNC(=O)c1cccc(Cl)c1Cl. The molecule has 0 spiro atoms. The lowest BCUT2D eigenvalue weighted by molar-refractivity contribution is 0.0951. The molecule has 0 radical (unpaired) electrons. The quantitative estimate of drug-likeness (QED) is 0.945. The van der Waals surface area contributed by atoms with Crippen LogP contribution in [0.3, 0.4) is 0 Å². The topological polar surface area (TPSA) is 46.9 Å². The summed E-state index contributed by atoms with van der Waals surface area (Å²) in [5, 5.41) is 7.79. The van der Waals surface area contributed by atoms with Crippen molar-refractivity contribution in [2.24, 2.45) is 7.05 Å². The summed E-state index contributed by atoms with van der Waals surface area (Å²) < 4.78 is 1.79. The van der Waals surface area contributed by atoms with Gasteiger partial charge < -0.3 is 5.32 Å². The van der Waals surface area contributed by atoms with E-state index in [1.165, 1.54) is 0 Å². The van der Waals surface area contributed by atoms with Gasteiger partial charge in [0.1, 0.15) is 0 Å². The van der Waals surface area contributed by atoms with Crippen LogP contribution < -0.4 is 5.32 Å². The molecule has 0 aliphatic rings. The minimum atomic E-state index is -0.250. The van der Waals surface area contributed by atoms with Crippen molar-refractivity contribution in [1.29, 1.82) is 0 Å². The van der Waals surface area contributed by atoms with Crippen LogP contribution in [0, 0.1) is 13.8 Å². The highest BCUT2D eigenvalue weighted by Crippen LogP contribution is 2.25. The van der Waals surface area contributed by atoms with Crippen LogP contribution in [-0.4, -0.2) is 15.7 Å². The Morgan fingerprint density at radius 1 is 1.35 bits per heavy atom. The second kappa shape index (κ2) is 5.85. The van der Waals surface area contributed by atoms with Crippen LogP contribution in [0.5, 0.6) is 0 Å². The second-order valence-corrected chi connectivity index (χ2v) is 5.34. The Kier molecular flexibility index (Phi) is 4.35. The van der Waals surface area contributed by atoms with Gasteiger partial charge in [-0.1, -0.05) is 29.3 Å². The number of amides is 1. The maximum atomic E-state index is 12.1. The van der Waals surface area contributed by atoms with Gasteiger partial charge in [0.2, 0.25) is 0 Å². The van der Waals surface area contributed by atoms with Gasteiger partial charge in [-0.2, -0.15) is 5.10 Å². The summed E-state index contributed by atoms with van der Waals surface area (Å²) in [6, 6.07) is 4.99. The first-order chi connectivity index (χ1) is 9.41. The summed E-state index contributed by atoms with van der Waals surface area (Å²) in [4.78, 5) is 12.1. The molecule has 6 heteroatoms. The van der Waals surface area contributed by atoms with Crippen LogP contribution in [0.15, 0.2) is 18.2 Å². The van der Waals surface area contributed by atoms with Crippen molar-refractivity contribution in [3.8, 4) is 0 Å². The molecule has 0 aliphatic heterocycles. The van der Waals surface area contributed by atoms with Gasteiger partial charge in [-0.3, -0.25) is 9.48 Å². The number of benzene rings is 1.